The van der Waals surface area contributed by atoms with Gasteiger partial charge in [0.1, 0.15) is 5.75 Å². The first-order valence-corrected chi connectivity index (χ1v) is 9.02. The van der Waals surface area contributed by atoms with Gasteiger partial charge in [0, 0.05) is 36.0 Å². The molecule has 7 heteroatoms. The summed E-state index contributed by atoms with van der Waals surface area (Å²) in [5.41, 5.74) is 0.857. The van der Waals surface area contributed by atoms with Gasteiger partial charge in [-0.05, 0) is 35.7 Å². The zero-order valence-corrected chi connectivity index (χ0v) is 14.8. The minimum Gasteiger partial charge on any atom is -0.497 e. The fraction of sp³-hybridized carbons (Fsp3) is 0.333. The Kier molecular flexibility index (Phi) is 5.55. The molecule has 1 aliphatic rings. The van der Waals surface area contributed by atoms with E-state index in [2.05, 4.69) is 10.6 Å². The number of thiophene rings is 1. The second-order valence-electron chi connectivity index (χ2n) is 5.92. The summed E-state index contributed by atoms with van der Waals surface area (Å²) >= 11 is 1.61. The van der Waals surface area contributed by atoms with Crippen LogP contribution in [0.2, 0.25) is 0 Å². The molecule has 0 radical (unpaired) electrons. The van der Waals surface area contributed by atoms with Gasteiger partial charge in [-0.1, -0.05) is 6.07 Å². The van der Waals surface area contributed by atoms with Crippen molar-refractivity contribution >= 4 is 29.0 Å². The van der Waals surface area contributed by atoms with E-state index in [4.69, 9.17) is 4.74 Å². The lowest BCUT2D eigenvalue weighted by molar-refractivity contribution is -0.117. The lowest BCUT2D eigenvalue weighted by atomic mass is 10.1. The van der Waals surface area contributed by atoms with Crippen LogP contribution in [0.3, 0.4) is 0 Å². The number of hydrogen-bond acceptors (Lipinski definition) is 4. The Labute approximate surface area is 150 Å². The fourth-order valence-electron chi connectivity index (χ4n) is 2.81. The van der Waals surface area contributed by atoms with Crippen LogP contribution in [0.4, 0.5) is 10.5 Å². The molecule has 132 valence electrons. The van der Waals surface area contributed by atoms with Gasteiger partial charge in [-0.15, -0.1) is 11.3 Å². The second kappa shape index (κ2) is 8.02. The van der Waals surface area contributed by atoms with E-state index in [-0.39, 0.29) is 17.9 Å². The van der Waals surface area contributed by atoms with Gasteiger partial charge in [-0.2, -0.15) is 0 Å². The van der Waals surface area contributed by atoms with Crippen LogP contribution in [0.25, 0.3) is 0 Å². The van der Waals surface area contributed by atoms with E-state index in [9.17, 15) is 9.59 Å². The highest BCUT2D eigenvalue weighted by Gasteiger charge is 2.30. The molecule has 3 rings (SSSR count). The number of carbonyl (C=O) groups is 2. The summed E-state index contributed by atoms with van der Waals surface area (Å²) in [4.78, 5) is 27.0. The number of carbonyl (C=O) groups excluding carboxylic acids is 2. The summed E-state index contributed by atoms with van der Waals surface area (Å²) in [6.45, 7) is 1.61. The number of nitrogens with zero attached hydrogens (tertiary/aromatic N) is 1. The molecule has 1 saturated heterocycles. The van der Waals surface area contributed by atoms with Gasteiger partial charge in [0.25, 0.3) is 0 Å². The van der Waals surface area contributed by atoms with Gasteiger partial charge in [0.2, 0.25) is 5.91 Å². The van der Waals surface area contributed by atoms with Crippen molar-refractivity contribution < 1.29 is 14.3 Å². The summed E-state index contributed by atoms with van der Waals surface area (Å²) in [5, 5.41) is 7.66. The first-order valence-electron chi connectivity index (χ1n) is 8.14. The highest BCUT2D eigenvalue weighted by atomic mass is 32.1. The lowest BCUT2D eigenvalue weighted by Crippen LogP contribution is -2.38. The predicted octanol–water partition coefficient (Wildman–Crippen LogP) is 2.61. The third-order valence-electron chi connectivity index (χ3n) is 4.14. The molecule has 0 bridgehead atoms. The van der Waals surface area contributed by atoms with E-state index in [0.29, 0.717) is 26.1 Å². The molecular formula is C18H21N3O3S. The fourth-order valence-corrected chi connectivity index (χ4v) is 3.45. The van der Waals surface area contributed by atoms with E-state index >= 15 is 0 Å². The first-order chi connectivity index (χ1) is 12.2. The highest BCUT2D eigenvalue weighted by Crippen LogP contribution is 2.26. The lowest BCUT2D eigenvalue weighted by Gasteiger charge is -2.17. The Morgan fingerprint density at radius 2 is 2.08 bits per heavy atom. The first kappa shape index (κ1) is 17.3. The Morgan fingerprint density at radius 3 is 2.76 bits per heavy atom. The average Bonchev–Trinajstić information content (AvgIpc) is 3.28. The Balaban J connectivity index is 1.46. The Bertz CT molecular complexity index is 716. The predicted molar refractivity (Wildman–Crippen MR) is 98.0 cm³/mol. The second-order valence-corrected chi connectivity index (χ2v) is 6.95. The quantitative estimate of drug-likeness (QED) is 0.833. The minimum atomic E-state index is -0.205. The molecule has 1 aromatic carbocycles. The summed E-state index contributed by atoms with van der Waals surface area (Å²) in [6.07, 6.45) is 0.442. The van der Waals surface area contributed by atoms with Crippen LogP contribution in [0.5, 0.6) is 5.75 Å². The standard InChI is InChI=1S/C18H21N3O3S/c1-24-15-6-4-14(5-7-15)21-12-13(9-17(21)22)10-19-18(23)20-11-16-3-2-8-25-16/h2-8,13H,9-12H2,1H3,(H2,19,20,23)/t13-/m1/s1. The monoisotopic (exact) mass is 359 g/mol. The van der Waals surface area contributed by atoms with Gasteiger partial charge in [-0.3, -0.25) is 4.79 Å². The molecule has 2 aromatic rings. The third-order valence-corrected chi connectivity index (χ3v) is 5.02. The van der Waals surface area contributed by atoms with Gasteiger partial charge in [-0.25, -0.2) is 4.79 Å². The molecule has 6 nitrogen and oxygen atoms in total. The van der Waals surface area contributed by atoms with Gasteiger partial charge in [0.05, 0.1) is 13.7 Å². The highest BCUT2D eigenvalue weighted by molar-refractivity contribution is 7.09. The van der Waals surface area contributed by atoms with E-state index in [1.54, 1.807) is 23.3 Å². The molecule has 0 spiro atoms. The molecule has 1 fully saturated rings. The normalized spacial score (nSPS) is 16.8. The molecular weight excluding hydrogens is 338 g/mol. The van der Waals surface area contributed by atoms with Crippen molar-refractivity contribution in [3.05, 3.63) is 46.7 Å². The summed E-state index contributed by atoms with van der Waals surface area (Å²) in [7, 11) is 1.61. The number of urea groups is 1. The molecule has 2 N–H and O–H groups in total. The summed E-state index contributed by atoms with van der Waals surface area (Å²) in [5.74, 6) is 0.953. The van der Waals surface area contributed by atoms with Crippen LogP contribution in [-0.2, 0) is 11.3 Å². The molecule has 0 unspecified atom stereocenters. The largest absolute Gasteiger partial charge is 0.497 e. The summed E-state index contributed by atoms with van der Waals surface area (Å²) in [6, 6.07) is 11.2. The minimum absolute atomic E-state index is 0.0796. The van der Waals surface area contributed by atoms with Crippen molar-refractivity contribution in [1.82, 2.24) is 10.6 Å². The van der Waals surface area contributed by atoms with Crippen LogP contribution in [-0.4, -0.2) is 32.1 Å². The van der Waals surface area contributed by atoms with Crippen molar-refractivity contribution in [1.29, 1.82) is 0 Å². The number of rotatable bonds is 6. The van der Waals surface area contributed by atoms with Crippen LogP contribution in [0.15, 0.2) is 41.8 Å². The van der Waals surface area contributed by atoms with E-state index in [1.807, 2.05) is 41.8 Å². The van der Waals surface area contributed by atoms with Crippen molar-refractivity contribution in [3.8, 4) is 5.75 Å². The number of methoxy groups -OCH3 is 1. The van der Waals surface area contributed by atoms with Crippen LogP contribution in [0, 0.1) is 5.92 Å². The zero-order chi connectivity index (χ0) is 17.6. The van der Waals surface area contributed by atoms with Gasteiger partial charge < -0.3 is 20.3 Å². The molecule has 1 atom stereocenters. The van der Waals surface area contributed by atoms with Crippen molar-refractivity contribution in [2.45, 2.75) is 13.0 Å². The number of anilines is 1. The van der Waals surface area contributed by atoms with Crippen molar-refractivity contribution in [2.75, 3.05) is 25.1 Å². The molecule has 1 aromatic heterocycles. The topological polar surface area (TPSA) is 70.7 Å². The van der Waals surface area contributed by atoms with Gasteiger partial charge >= 0.3 is 6.03 Å². The van der Waals surface area contributed by atoms with Crippen LogP contribution in [0.1, 0.15) is 11.3 Å². The number of benzene rings is 1. The average molecular weight is 359 g/mol. The Morgan fingerprint density at radius 1 is 1.28 bits per heavy atom. The zero-order valence-electron chi connectivity index (χ0n) is 14.0. The molecule has 0 saturated carbocycles. The van der Waals surface area contributed by atoms with Crippen LogP contribution >= 0.6 is 11.3 Å². The van der Waals surface area contributed by atoms with E-state index < -0.39 is 0 Å². The number of amides is 3. The number of ether oxygens (including phenoxy) is 1. The Hall–Kier alpha value is -2.54. The summed E-state index contributed by atoms with van der Waals surface area (Å²) < 4.78 is 5.14. The maximum absolute atomic E-state index is 12.2. The SMILES string of the molecule is COc1ccc(N2C[C@@H](CNC(=O)NCc3cccs3)CC2=O)cc1. The molecule has 1 aliphatic heterocycles. The van der Waals surface area contributed by atoms with E-state index in [1.165, 1.54) is 0 Å². The van der Waals surface area contributed by atoms with Crippen molar-refractivity contribution in [2.24, 2.45) is 5.92 Å². The molecule has 3 amide bonds. The van der Waals surface area contributed by atoms with Crippen LogP contribution < -0.4 is 20.3 Å². The van der Waals surface area contributed by atoms with Gasteiger partial charge in [0.15, 0.2) is 0 Å². The molecule has 2 heterocycles. The molecule has 25 heavy (non-hydrogen) atoms. The maximum atomic E-state index is 12.2. The number of nitrogens with one attached hydrogen (secondary N) is 2. The number of hydrogen-bond donors (Lipinski definition) is 2. The third kappa shape index (κ3) is 4.51. The molecule has 0 aliphatic carbocycles. The van der Waals surface area contributed by atoms with E-state index in [0.717, 1.165) is 16.3 Å². The maximum Gasteiger partial charge on any atom is 0.315 e. The van der Waals surface area contributed by atoms with Crippen molar-refractivity contribution in [3.63, 3.8) is 0 Å². The smallest absolute Gasteiger partial charge is 0.315 e.